The molecule has 0 atom stereocenters. The van der Waals surface area contributed by atoms with Crippen molar-refractivity contribution in [1.82, 2.24) is 4.98 Å². The van der Waals surface area contributed by atoms with E-state index < -0.39 is 0 Å². The molecule has 0 bridgehead atoms. The summed E-state index contributed by atoms with van der Waals surface area (Å²) in [4.78, 5) is 8.66. The summed E-state index contributed by atoms with van der Waals surface area (Å²) in [5, 5.41) is 3.01. The molecule has 3 nitrogen and oxygen atoms in total. The minimum Gasteiger partial charge on any atom is -0.373 e. The molecule has 2 rings (SSSR count). The van der Waals surface area contributed by atoms with Crippen molar-refractivity contribution in [2.45, 2.75) is 26.7 Å². The summed E-state index contributed by atoms with van der Waals surface area (Å²) in [5.74, 6) is 0.922. The molecule has 14 heavy (non-hydrogen) atoms. The molecule has 0 amide bonds. The SMILES string of the molecule is CC.CNc1ccc2c(n1)CCC=N2. The van der Waals surface area contributed by atoms with Gasteiger partial charge in [-0.05, 0) is 25.0 Å². The van der Waals surface area contributed by atoms with Crippen LogP contribution in [0.1, 0.15) is 26.0 Å². The van der Waals surface area contributed by atoms with E-state index in [-0.39, 0.29) is 0 Å². The molecular formula is C11H17N3. The number of nitrogens with one attached hydrogen (secondary N) is 1. The first kappa shape index (κ1) is 10.7. The van der Waals surface area contributed by atoms with Crippen LogP contribution in [0.4, 0.5) is 11.5 Å². The summed E-state index contributed by atoms with van der Waals surface area (Å²) in [6, 6.07) is 3.95. The van der Waals surface area contributed by atoms with Crippen LogP contribution in [0, 0.1) is 0 Å². The van der Waals surface area contributed by atoms with Gasteiger partial charge in [0, 0.05) is 13.3 Å². The summed E-state index contributed by atoms with van der Waals surface area (Å²) in [6.45, 7) is 4.00. The van der Waals surface area contributed by atoms with E-state index in [1.54, 1.807) is 0 Å². The van der Waals surface area contributed by atoms with E-state index in [2.05, 4.69) is 15.3 Å². The zero-order valence-electron chi connectivity index (χ0n) is 9.04. The van der Waals surface area contributed by atoms with E-state index in [1.807, 2.05) is 39.2 Å². The highest BCUT2D eigenvalue weighted by Crippen LogP contribution is 2.23. The fraction of sp³-hybridized carbons (Fsp3) is 0.455. The third-order valence-electron chi connectivity index (χ3n) is 1.95. The van der Waals surface area contributed by atoms with Crippen LogP contribution in [0.3, 0.4) is 0 Å². The third-order valence-corrected chi connectivity index (χ3v) is 1.95. The number of aliphatic imine (C=N–C) groups is 1. The first-order valence-electron chi connectivity index (χ1n) is 5.10. The molecule has 1 aromatic heterocycles. The zero-order chi connectivity index (χ0) is 10.4. The quantitative estimate of drug-likeness (QED) is 0.741. The van der Waals surface area contributed by atoms with Crippen molar-refractivity contribution in [3.05, 3.63) is 17.8 Å². The van der Waals surface area contributed by atoms with Crippen LogP contribution < -0.4 is 5.32 Å². The maximum absolute atomic E-state index is 4.41. The lowest BCUT2D eigenvalue weighted by Crippen LogP contribution is -2.00. The number of aromatic nitrogens is 1. The van der Waals surface area contributed by atoms with Crippen LogP contribution >= 0.6 is 0 Å². The number of hydrogen-bond acceptors (Lipinski definition) is 3. The maximum atomic E-state index is 4.41. The molecule has 0 aliphatic carbocycles. The number of aryl methyl sites for hydroxylation is 1. The zero-order valence-corrected chi connectivity index (χ0v) is 9.04. The second kappa shape index (κ2) is 5.37. The van der Waals surface area contributed by atoms with Crippen molar-refractivity contribution in [3.63, 3.8) is 0 Å². The van der Waals surface area contributed by atoms with Gasteiger partial charge in [0.15, 0.2) is 0 Å². The Balaban J connectivity index is 0.000000461. The molecule has 76 valence electrons. The molecule has 3 heteroatoms. The van der Waals surface area contributed by atoms with Gasteiger partial charge in [-0.25, -0.2) is 4.98 Å². The topological polar surface area (TPSA) is 37.3 Å². The second-order valence-corrected chi connectivity index (χ2v) is 2.76. The lowest BCUT2D eigenvalue weighted by atomic mass is 10.1. The molecule has 0 saturated carbocycles. The van der Waals surface area contributed by atoms with Crippen LogP contribution in [0.25, 0.3) is 0 Å². The molecule has 0 radical (unpaired) electrons. The number of hydrogen-bond donors (Lipinski definition) is 1. The van der Waals surface area contributed by atoms with Gasteiger partial charge in [-0.15, -0.1) is 0 Å². The highest BCUT2D eigenvalue weighted by Gasteiger charge is 2.06. The highest BCUT2D eigenvalue weighted by atomic mass is 15.0. The molecule has 1 aromatic rings. The van der Waals surface area contributed by atoms with Gasteiger partial charge in [0.1, 0.15) is 5.82 Å². The van der Waals surface area contributed by atoms with E-state index in [0.717, 1.165) is 30.0 Å². The second-order valence-electron chi connectivity index (χ2n) is 2.76. The van der Waals surface area contributed by atoms with Gasteiger partial charge in [0.05, 0.1) is 11.4 Å². The highest BCUT2D eigenvalue weighted by molar-refractivity contribution is 5.68. The molecule has 0 fully saturated rings. The van der Waals surface area contributed by atoms with Crippen molar-refractivity contribution in [1.29, 1.82) is 0 Å². The first-order valence-corrected chi connectivity index (χ1v) is 5.10. The van der Waals surface area contributed by atoms with E-state index in [9.17, 15) is 0 Å². The van der Waals surface area contributed by atoms with Gasteiger partial charge >= 0.3 is 0 Å². The van der Waals surface area contributed by atoms with Crippen LogP contribution in [-0.4, -0.2) is 18.2 Å². The molecular weight excluding hydrogens is 174 g/mol. The van der Waals surface area contributed by atoms with E-state index in [0.29, 0.717) is 0 Å². The Hall–Kier alpha value is -1.38. The first-order chi connectivity index (χ1) is 6.90. The fourth-order valence-electron chi connectivity index (χ4n) is 1.30. The third kappa shape index (κ3) is 2.31. The van der Waals surface area contributed by atoms with Crippen LogP contribution in [0.15, 0.2) is 17.1 Å². The fourth-order valence-corrected chi connectivity index (χ4v) is 1.30. The molecule has 1 aliphatic rings. The maximum Gasteiger partial charge on any atom is 0.126 e. The molecule has 0 aromatic carbocycles. The average molecular weight is 191 g/mol. The van der Waals surface area contributed by atoms with Crippen molar-refractivity contribution >= 4 is 17.7 Å². The van der Waals surface area contributed by atoms with E-state index in [4.69, 9.17) is 0 Å². The Bertz CT molecular complexity index is 318. The molecule has 2 heterocycles. The van der Waals surface area contributed by atoms with Crippen LogP contribution in [0.5, 0.6) is 0 Å². The van der Waals surface area contributed by atoms with Gasteiger partial charge in [-0.3, -0.25) is 4.99 Å². The summed E-state index contributed by atoms with van der Waals surface area (Å²) < 4.78 is 0. The normalized spacial score (nSPS) is 12.5. The summed E-state index contributed by atoms with van der Waals surface area (Å²) >= 11 is 0. The van der Waals surface area contributed by atoms with Gasteiger partial charge < -0.3 is 5.32 Å². The Morgan fingerprint density at radius 3 is 2.79 bits per heavy atom. The van der Waals surface area contributed by atoms with Gasteiger partial charge in [0.2, 0.25) is 0 Å². The smallest absolute Gasteiger partial charge is 0.126 e. The van der Waals surface area contributed by atoms with Gasteiger partial charge in [0.25, 0.3) is 0 Å². The predicted molar refractivity (Wildman–Crippen MR) is 61.6 cm³/mol. The largest absolute Gasteiger partial charge is 0.373 e. The van der Waals surface area contributed by atoms with Gasteiger partial charge in [-0.1, -0.05) is 13.8 Å². The van der Waals surface area contributed by atoms with E-state index in [1.165, 1.54) is 0 Å². The van der Waals surface area contributed by atoms with Crippen molar-refractivity contribution in [2.24, 2.45) is 4.99 Å². The minimum atomic E-state index is 0.922. The summed E-state index contributed by atoms with van der Waals surface area (Å²) in [6.07, 6.45) is 3.96. The lowest BCUT2D eigenvalue weighted by Gasteiger charge is -2.09. The Kier molecular flexibility index (Phi) is 4.11. The van der Waals surface area contributed by atoms with Crippen molar-refractivity contribution in [3.8, 4) is 0 Å². The molecule has 0 saturated heterocycles. The molecule has 1 N–H and O–H groups in total. The Labute approximate surface area is 85.3 Å². The number of pyridine rings is 1. The number of fused-ring (bicyclic) bond motifs is 1. The van der Waals surface area contributed by atoms with E-state index >= 15 is 0 Å². The van der Waals surface area contributed by atoms with Crippen molar-refractivity contribution < 1.29 is 0 Å². The molecule has 0 unspecified atom stereocenters. The minimum absolute atomic E-state index is 0.922. The summed E-state index contributed by atoms with van der Waals surface area (Å²) in [7, 11) is 1.88. The van der Waals surface area contributed by atoms with Crippen molar-refractivity contribution in [2.75, 3.05) is 12.4 Å². The average Bonchev–Trinajstić information content (AvgIpc) is 2.31. The number of nitrogens with zero attached hydrogens (tertiary/aromatic N) is 2. The number of anilines is 1. The number of rotatable bonds is 1. The lowest BCUT2D eigenvalue weighted by molar-refractivity contribution is 0.960. The molecule has 1 aliphatic heterocycles. The van der Waals surface area contributed by atoms with Crippen LogP contribution in [0.2, 0.25) is 0 Å². The monoisotopic (exact) mass is 191 g/mol. The summed E-state index contributed by atoms with van der Waals surface area (Å²) in [5.41, 5.74) is 2.12. The predicted octanol–water partition coefficient (Wildman–Crippen LogP) is 2.80. The Morgan fingerprint density at radius 1 is 1.29 bits per heavy atom. The van der Waals surface area contributed by atoms with Crippen LogP contribution in [-0.2, 0) is 6.42 Å². The van der Waals surface area contributed by atoms with Gasteiger partial charge in [-0.2, -0.15) is 0 Å². The Morgan fingerprint density at radius 2 is 2.07 bits per heavy atom. The molecule has 0 spiro atoms. The standard InChI is InChI=1S/C9H11N3.C2H6/c1-10-9-5-4-7-8(12-9)3-2-6-11-7;1-2/h4-6H,2-3H2,1H3,(H,10,12);1-2H3.